The molecule has 0 atom stereocenters. The van der Waals surface area contributed by atoms with Crippen molar-refractivity contribution in [1.82, 2.24) is 14.4 Å². The zero-order valence-corrected chi connectivity index (χ0v) is 16.2. The van der Waals surface area contributed by atoms with Crippen molar-refractivity contribution in [2.24, 2.45) is 0 Å². The average molecular weight is 399 g/mol. The van der Waals surface area contributed by atoms with E-state index in [2.05, 4.69) is 38.6 Å². The summed E-state index contributed by atoms with van der Waals surface area (Å²) in [6.07, 6.45) is 5.60. The third-order valence-corrected chi connectivity index (χ3v) is 6.30. The van der Waals surface area contributed by atoms with Gasteiger partial charge in [-0.2, -0.15) is 0 Å². The Morgan fingerprint density at radius 1 is 0.613 bits per heavy atom. The van der Waals surface area contributed by atoms with Gasteiger partial charge < -0.3 is 8.83 Å². The highest BCUT2D eigenvalue weighted by molar-refractivity contribution is 6.27. The van der Waals surface area contributed by atoms with Gasteiger partial charge >= 0.3 is 0 Å². The van der Waals surface area contributed by atoms with Gasteiger partial charge in [0.2, 0.25) is 0 Å². The summed E-state index contributed by atoms with van der Waals surface area (Å²) in [6, 6.07) is 20.6. The lowest BCUT2D eigenvalue weighted by molar-refractivity contribution is 0.663. The van der Waals surface area contributed by atoms with E-state index in [1.807, 2.05) is 55.0 Å². The van der Waals surface area contributed by atoms with E-state index in [4.69, 9.17) is 8.83 Å². The highest BCUT2D eigenvalue weighted by Crippen LogP contribution is 2.41. The fourth-order valence-corrected chi connectivity index (χ4v) is 5.01. The third-order valence-electron chi connectivity index (χ3n) is 6.30. The monoisotopic (exact) mass is 399 g/mol. The number of aromatic nitrogens is 3. The third kappa shape index (κ3) is 1.82. The molecule has 5 nitrogen and oxygen atoms in total. The fourth-order valence-electron chi connectivity index (χ4n) is 5.01. The van der Waals surface area contributed by atoms with E-state index >= 15 is 0 Å². The minimum atomic E-state index is 0.846. The summed E-state index contributed by atoms with van der Waals surface area (Å²) in [6.45, 7) is 0. The lowest BCUT2D eigenvalue weighted by Gasteiger charge is -2.07. The van der Waals surface area contributed by atoms with Crippen molar-refractivity contribution >= 4 is 71.3 Å². The summed E-state index contributed by atoms with van der Waals surface area (Å²) in [5.41, 5.74) is 6.25. The minimum Gasteiger partial charge on any atom is -0.456 e. The van der Waals surface area contributed by atoms with Crippen LogP contribution in [-0.4, -0.2) is 14.4 Å². The Bertz CT molecular complexity index is 2010. The van der Waals surface area contributed by atoms with Crippen LogP contribution in [0.4, 0.5) is 0 Å². The van der Waals surface area contributed by atoms with Crippen LogP contribution in [0.5, 0.6) is 0 Å². The first-order valence-corrected chi connectivity index (χ1v) is 10.2. The van der Waals surface area contributed by atoms with Gasteiger partial charge in [0, 0.05) is 57.0 Å². The maximum absolute atomic E-state index is 6.33. The second kappa shape index (κ2) is 5.21. The Labute approximate surface area is 174 Å². The molecule has 5 heterocycles. The van der Waals surface area contributed by atoms with Crippen molar-refractivity contribution in [3.63, 3.8) is 0 Å². The summed E-state index contributed by atoms with van der Waals surface area (Å²) in [4.78, 5) is 9.17. The minimum absolute atomic E-state index is 0.846. The SMILES string of the molecule is c1ccc2c(c1)oc1ccc3oc4cc5c(cc4c3c12)c1cccnc1c1nccn51. The number of imidazole rings is 1. The van der Waals surface area contributed by atoms with E-state index in [0.29, 0.717) is 0 Å². The molecule has 5 heteroatoms. The van der Waals surface area contributed by atoms with Gasteiger partial charge in [0.1, 0.15) is 27.8 Å². The van der Waals surface area contributed by atoms with E-state index in [9.17, 15) is 0 Å². The molecule has 144 valence electrons. The number of hydrogen-bond donors (Lipinski definition) is 0. The number of fused-ring (bicyclic) bond motifs is 13. The maximum Gasteiger partial charge on any atom is 0.163 e. The molecule has 0 aliphatic carbocycles. The van der Waals surface area contributed by atoms with Crippen molar-refractivity contribution in [1.29, 1.82) is 0 Å². The first kappa shape index (κ1) is 15.5. The van der Waals surface area contributed by atoms with Crippen LogP contribution in [0.2, 0.25) is 0 Å². The molecular formula is C26H13N3O2. The molecule has 0 radical (unpaired) electrons. The van der Waals surface area contributed by atoms with Crippen molar-refractivity contribution in [2.75, 3.05) is 0 Å². The second-order valence-electron chi connectivity index (χ2n) is 7.90. The predicted molar refractivity (Wildman–Crippen MR) is 123 cm³/mol. The predicted octanol–water partition coefficient (Wildman–Crippen LogP) is 6.83. The van der Waals surface area contributed by atoms with Gasteiger partial charge in [0.15, 0.2) is 5.65 Å². The van der Waals surface area contributed by atoms with E-state index in [-0.39, 0.29) is 0 Å². The second-order valence-corrected chi connectivity index (χ2v) is 7.90. The molecule has 31 heavy (non-hydrogen) atoms. The lowest BCUT2D eigenvalue weighted by atomic mass is 10.0. The Kier molecular flexibility index (Phi) is 2.60. The molecule has 0 fully saturated rings. The van der Waals surface area contributed by atoms with E-state index in [1.165, 1.54) is 0 Å². The van der Waals surface area contributed by atoms with Gasteiger partial charge in [0.25, 0.3) is 0 Å². The van der Waals surface area contributed by atoms with Crippen LogP contribution in [0.1, 0.15) is 0 Å². The largest absolute Gasteiger partial charge is 0.456 e. The van der Waals surface area contributed by atoms with Crippen molar-refractivity contribution in [3.8, 4) is 0 Å². The quantitative estimate of drug-likeness (QED) is 0.262. The normalized spacial score (nSPS) is 12.5. The fraction of sp³-hybridized carbons (Fsp3) is 0. The number of furan rings is 2. The number of rotatable bonds is 0. The molecule has 0 aliphatic rings. The van der Waals surface area contributed by atoms with Crippen molar-refractivity contribution < 1.29 is 8.83 Å². The molecule has 0 saturated heterocycles. The number of para-hydroxylation sites is 1. The highest BCUT2D eigenvalue weighted by atomic mass is 16.3. The van der Waals surface area contributed by atoms with E-state index in [1.54, 1.807) is 0 Å². The highest BCUT2D eigenvalue weighted by Gasteiger charge is 2.18. The number of nitrogens with zero attached hydrogens (tertiary/aromatic N) is 3. The van der Waals surface area contributed by atoms with Crippen LogP contribution in [0.3, 0.4) is 0 Å². The molecule has 0 aliphatic heterocycles. The Morgan fingerprint density at radius 2 is 1.42 bits per heavy atom. The summed E-state index contributed by atoms with van der Waals surface area (Å²) in [7, 11) is 0. The van der Waals surface area contributed by atoms with Crippen LogP contribution in [-0.2, 0) is 0 Å². The van der Waals surface area contributed by atoms with E-state index in [0.717, 1.165) is 71.3 Å². The first-order valence-electron chi connectivity index (χ1n) is 10.2. The van der Waals surface area contributed by atoms with Crippen LogP contribution in [0.25, 0.3) is 71.3 Å². The van der Waals surface area contributed by atoms with Crippen LogP contribution >= 0.6 is 0 Å². The molecule has 0 saturated carbocycles. The van der Waals surface area contributed by atoms with Gasteiger partial charge in [-0.25, -0.2) is 4.98 Å². The Hall–Kier alpha value is -4.38. The molecule has 0 unspecified atom stereocenters. The molecule has 0 bridgehead atoms. The van der Waals surface area contributed by atoms with Gasteiger partial charge in [-0.05, 0) is 30.3 Å². The Balaban J connectivity index is 1.67. The molecule has 8 aromatic rings. The number of benzene rings is 3. The number of pyridine rings is 2. The van der Waals surface area contributed by atoms with Crippen LogP contribution in [0.15, 0.2) is 88.1 Å². The van der Waals surface area contributed by atoms with Gasteiger partial charge in [-0.15, -0.1) is 0 Å². The lowest BCUT2D eigenvalue weighted by Crippen LogP contribution is -1.92. The molecule has 3 aromatic carbocycles. The van der Waals surface area contributed by atoms with Crippen molar-refractivity contribution in [3.05, 3.63) is 79.3 Å². The van der Waals surface area contributed by atoms with Crippen LogP contribution < -0.4 is 0 Å². The molecule has 8 rings (SSSR count). The zero-order chi connectivity index (χ0) is 20.1. The standard InChI is InChI=1S/C26H13N3O2/c1-2-6-19-15(4-1)23-20(30-19)7-8-21-24(23)17-12-16-14-5-3-9-27-25(14)26-28-10-11-29(26)18(16)13-22(17)31-21/h1-13H. The van der Waals surface area contributed by atoms with Gasteiger partial charge in [-0.1, -0.05) is 24.3 Å². The summed E-state index contributed by atoms with van der Waals surface area (Å²) in [5.74, 6) is 0. The van der Waals surface area contributed by atoms with E-state index < -0.39 is 0 Å². The summed E-state index contributed by atoms with van der Waals surface area (Å²) in [5, 5.41) is 6.55. The number of hydrogen-bond acceptors (Lipinski definition) is 4. The Morgan fingerprint density at radius 3 is 2.35 bits per heavy atom. The first-order chi connectivity index (χ1) is 15.4. The van der Waals surface area contributed by atoms with Gasteiger partial charge in [0.05, 0.1) is 5.52 Å². The molecule has 0 spiro atoms. The van der Waals surface area contributed by atoms with Gasteiger partial charge in [-0.3, -0.25) is 9.38 Å². The molecular weight excluding hydrogens is 386 g/mol. The molecule has 0 N–H and O–H groups in total. The van der Waals surface area contributed by atoms with Crippen molar-refractivity contribution in [2.45, 2.75) is 0 Å². The summed E-state index contributed by atoms with van der Waals surface area (Å²) >= 11 is 0. The average Bonchev–Trinajstić information content (AvgIpc) is 3.52. The molecule has 5 aromatic heterocycles. The summed E-state index contributed by atoms with van der Waals surface area (Å²) < 4.78 is 14.5. The maximum atomic E-state index is 6.33. The smallest absolute Gasteiger partial charge is 0.163 e. The zero-order valence-electron chi connectivity index (χ0n) is 16.2. The topological polar surface area (TPSA) is 56.5 Å². The molecule has 0 amide bonds. The van der Waals surface area contributed by atoms with Crippen LogP contribution in [0, 0.1) is 0 Å².